The van der Waals surface area contributed by atoms with Gasteiger partial charge in [0.15, 0.2) is 0 Å². The molecule has 1 aromatic carbocycles. The molecular weight excluding hydrogens is 288 g/mol. The maximum atomic E-state index is 12.5. The number of fused-ring (bicyclic) bond motifs is 1. The summed E-state index contributed by atoms with van der Waals surface area (Å²) in [6.07, 6.45) is 4.54. The number of hydrogen-bond donors (Lipinski definition) is 0. The summed E-state index contributed by atoms with van der Waals surface area (Å²) in [5, 5.41) is 1.08. The van der Waals surface area contributed by atoms with Crippen LogP contribution in [0.4, 0.5) is 0 Å². The summed E-state index contributed by atoms with van der Waals surface area (Å²) >= 11 is 0. The molecule has 0 saturated carbocycles. The molecule has 1 saturated heterocycles. The predicted octanol–water partition coefficient (Wildman–Crippen LogP) is 3.65. The molecular formula is C19H24N2O2. The summed E-state index contributed by atoms with van der Waals surface area (Å²) in [7, 11) is 0. The molecule has 122 valence electrons. The second-order valence-corrected chi connectivity index (χ2v) is 6.16. The van der Waals surface area contributed by atoms with Crippen LogP contribution in [0.5, 0.6) is 5.75 Å². The first-order chi connectivity index (χ1) is 11.2. The summed E-state index contributed by atoms with van der Waals surface area (Å²) in [6, 6.07) is 9.94. The SMILES string of the molecule is CCC(CC)C(=O)N1CCC(Oc2cccc3cccnc23)C1. The number of rotatable bonds is 5. The predicted molar refractivity (Wildman–Crippen MR) is 91.4 cm³/mol. The molecule has 0 bridgehead atoms. The van der Waals surface area contributed by atoms with Gasteiger partial charge in [-0.3, -0.25) is 9.78 Å². The van der Waals surface area contributed by atoms with Crippen molar-refractivity contribution in [3.05, 3.63) is 36.5 Å². The van der Waals surface area contributed by atoms with E-state index in [2.05, 4.69) is 18.8 Å². The summed E-state index contributed by atoms with van der Waals surface area (Å²) in [4.78, 5) is 18.9. The van der Waals surface area contributed by atoms with Gasteiger partial charge >= 0.3 is 0 Å². The molecule has 0 radical (unpaired) electrons. The van der Waals surface area contributed by atoms with Gasteiger partial charge in [-0.05, 0) is 25.0 Å². The highest BCUT2D eigenvalue weighted by Crippen LogP contribution is 2.27. The van der Waals surface area contributed by atoms with E-state index in [1.54, 1.807) is 6.20 Å². The van der Waals surface area contributed by atoms with E-state index in [0.717, 1.165) is 42.5 Å². The van der Waals surface area contributed by atoms with E-state index in [9.17, 15) is 4.79 Å². The molecule has 1 aromatic heterocycles. The summed E-state index contributed by atoms with van der Waals surface area (Å²) in [6.45, 7) is 5.63. The molecule has 4 heteroatoms. The van der Waals surface area contributed by atoms with Crippen molar-refractivity contribution in [2.24, 2.45) is 5.92 Å². The summed E-state index contributed by atoms with van der Waals surface area (Å²) < 4.78 is 6.16. The van der Waals surface area contributed by atoms with E-state index in [4.69, 9.17) is 4.74 Å². The lowest BCUT2D eigenvalue weighted by Gasteiger charge is -2.22. The maximum Gasteiger partial charge on any atom is 0.225 e. The van der Waals surface area contributed by atoms with Gasteiger partial charge in [0.25, 0.3) is 0 Å². The van der Waals surface area contributed by atoms with Gasteiger partial charge in [0.2, 0.25) is 5.91 Å². The third-order valence-corrected chi connectivity index (χ3v) is 4.68. The van der Waals surface area contributed by atoms with Gasteiger partial charge in [0.05, 0.1) is 6.54 Å². The van der Waals surface area contributed by atoms with Gasteiger partial charge in [0.1, 0.15) is 17.4 Å². The fourth-order valence-electron chi connectivity index (χ4n) is 3.27. The van der Waals surface area contributed by atoms with Crippen LogP contribution in [0.15, 0.2) is 36.5 Å². The normalized spacial score (nSPS) is 17.9. The van der Waals surface area contributed by atoms with Gasteiger partial charge in [-0.1, -0.05) is 32.0 Å². The first-order valence-electron chi connectivity index (χ1n) is 8.52. The maximum absolute atomic E-state index is 12.5. The number of hydrogen-bond acceptors (Lipinski definition) is 3. The number of nitrogens with zero attached hydrogens (tertiary/aromatic N) is 2. The molecule has 1 aliphatic rings. The highest BCUT2D eigenvalue weighted by Gasteiger charge is 2.30. The van der Waals surface area contributed by atoms with Crippen molar-refractivity contribution >= 4 is 16.8 Å². The minimum absolute atomic E-state index is 0.0564. The third-order valence-electron chi connectivity index (χ3n) is 4.68. The summed E-state index contributed by atoms with van der Waals surface area (Å²) in [5.41, 5.74) is 0.889. The Labute approximate surface area is 137 Å². The van der Waals surface area contributed by atoms with E-state index in [1.807, 2.05) is 35.2 Å². The molecule has 1 amide bonds. The van der Waals surface area contributed by atoms with E-state index in [1.165, 1.54) is 0 Å². The second-order valence-electron chi connectivity index (χ2n) is 6.16. The van der Waals surface area contributed by atoms with Gasteiger partial charge in [0, 0.05) is 30.5 Å². The minimum atomic E-state index is 0.0564. The molecule has 2 aromatic rings. The zero-order valence-electron chi connectivity index (χ0n) is 13.9. The first-order valence-corrected chi connectivity index (χ1v) is 8.52. The van der Waals surface area contributed by atoms with E-state index in [-0.39, 0.29) is 17.9 Å². The minimum Gasteiger partial charge on any atom is -0.486 e. The lowest BCUT2D eigenvalue weighted by molar-refractivity contribution is -0.134. The van der Waals surface area contributed by atoms with Crippen molar-refractivity contribution in [1.29, 1.82) is 0 Å². The van der Waals surface area contributed by atoms with Gasteiger partial charge in [-0.2, -0.15) is 0 Å². The smallest absolute Gasteiger partial charge is 0.225 e. The van der Waals surface area contributed by atoms with Crippen molar-refractivity contribution in [2.75, 3.05) is 13.1 Å². The van der Waals surface area contributed by atoms with Gasteiger partial charge in [-0.25, -0.2) is 0 Å². The molecule has 3 rings (SSSR count). The van der Waals surface area contributed by atoms with Crippen molar-refractivity contribution in [3.8, 4) is 5.75 Å². The zero-order chi connectivity index (χ0) is 16.2. The Morgan fingerprint density at radius 2 is 2.09 bits per heavy atom. The van der Waals surface area contributed by atoms with Crippen LogP contribution in [0.1, 0.15) is 33.1 Å². The number of carbonyl (C=O) groups is 1. The lowest BCUT2D eigenvalue weighted by atomic mass is 10.0. The highest BCUT2D eigenvalue weighted by atomic mass is 16.5. The number of pyridine rings is 1. The molecule has 1 fully saturated rings. The third kappa shape index (κ3) is 3.31. The van der Waals surface area contributed by atoms with Crippen LogP contribution in [-0.2, 0) is 4.79 Å². The Kier molecular flexibility index (Phi) is 4.79. The van der Waals surface area contributed by atoms with Gasteiger partial charge < -0.3 is 9.64 Å². The van der Waals surface area contributed by atoms with Crippen molar-refractivity contribution in [3.63, 3.8) is 0 Å². The zero-order valence-corrected chi connectivity index (χ0v) is 13.9. The molecule has 1 unspecified atom stereocenters. The van der Waals surface area contributed by atoms with Crippen LogP contribution in [0.25, 0.3) is 10.9 Å². The second kappa shape index (κ2) is 6.99. The van der Waals surface area contributed by atoms with Crippen molar-refractivity contribution in [2.45, 2.75) is 39.2 Å². The quantitative estimate of drug-likeness (QED) is 0.846. The average molecular weight is 312 g/mol. The summed E-state index contributed by atoms with van der Waals surface area (Å²) in [5.74, 6) is 1.23. The molecule has 0 aliphatic carbocycles. The van der Waals surface area contributed by atoms with Crippen LogP contribution < -0.4 is 4.74 Å². The largest absolute Gasteiger partial charge is 0.486 e. The number of amides is 1. The molecule has 0 N–H and O–H groups in total. The van der Waals surface area contributed by atoms with Crippen LogP contribution >= 0.6 is 0 Å². The van der Waals surface area contributed by atoms with Crippen LogP contribution in [-0.4, -0.2) is 35.0 Å². The Balaban J connectivity index is 1.69. The number of aromatic nitrogens is 1. The molecule has 1 aliphatic heterocycles. The van der Waals surface area contributed by atoms with E-state index < -0.39 is 0 Å². The monoisotopic (exact) mass is 312 g/mol. The van der Waals surface area contributed by atoms with Crippen LogP contribution in [0, 0.1) is 5.92 Å². The van der Waals surface area contributed by atoms with Crippen LogP contribution in [0.2, 0.25) is 0 Å². The van der Waals surface area contributed by atoms with Crippen molar-refractivity contribution < 1.29 is 9.53 Å². The highest BCUT2D eigenvalue weighted by molar-refractivity contribution is 5.84. The Morgan fingerprint density at radius 1 is 1.30 bits per heavy atom. The Bertz CT molecular complexity index is 677. The average Bonchev–Trinajstić information content (AvgIpc) is 3.05. The molecule has 0 spiro atoms. The van der Waals surface area contributed by atoms with E-state index >= 15 is 0 Å². The van der Waals surface area contributed by atoms with Gasteiger partial charge in [-0.15, -0.1) is 0 Å². The number of para-hydroxylation sites is 1. The van der Waals surface area contributed by atoms with Crippen LogP contribution in [0.3, 0.4) is 0 Å². The Hall–Kier alpha value is -2.10. The molecule has 1 atom stereocenters. The number of carbonyl (C=O) groups excluding carboxylic acids is 1. The topological polar surface area (TPSA) is 42.4 Å². The lowest BCUT2D eigenvalue weighted by Crippen LogP contribution is -2.35. The Morgan fingerprint density at radius 3 is 2.87 bits per heavy atom. The van der Waals surface area contributed by atoms with Crippen molar-refractivity contribution in [1.82, 2.24) is 9.88 Å². The molecule has 2 heterocycles. The molecule has 23 heavy (non-hydrogen) atoms. The molecule has 4 nitrogen and oxygen atoms in total. The van der Waals surface area contributed by atoms with E-state index in [0.29, 0.717) is 6.54 Å². The fourth-order valence-corrected chi connectivity index (χ4v) is 3.27. The fraction of sp³-hybridized carbons (Fsp3) is 0.474. The standard InChI is InChI=1S/C19H24N2O2/c1-3-14(4-2)19(22)21-12-10-16(13-21)23-17-9-5-7-15-8-6-11-20-18(15)17/h5-9,11,14,16H,3-4,10,12-13H2,1-2H3. The first kappa shape index (κ1) is 15.8. The number of benzene rings is 1. The number of ether oxygens (including phenoxy) is 1. The number of likely N-dealkylation sites (tertiary alicyclic amines) is 1.